The summed E-state index contributed by atoms with van der Waals surface area (Å²) in [4.78, 5) is 12.8. The number of piperidine rings is 1. The number of fused-ring (bicyclic) bond motifs is 1. The molecule has 6 heteroatoms. The molecule has 0 bridgehead atoms. The molecule has 1 aliphatic carbocycles. The maximum absolute atomic E-state index is 12.9. The van der Waals surface area contributed by atoms with E-state index in [1.807, 2.05) is 38.1 Å². The van der Waals surface area contributed by atoms with Gasteiger partial charge in [-0.25, -0.2) is 12.7 Å². The molecular weight excluding hydrogens is 408 g/mol. The van der Waals surface area contributed by atoms with Crippen LogP contribution in [-0.4, -0.2) is 31.7 Å². The van der Waals surface area contributed by atoms with Gasteiger partial charge in [0.25, 0.3) is 0 Å². The van der Waals surface area contributed by atoms with Crippen molar-refractivity contribution < 1.29 is 13.2 Å². The second-order valence-electron chi connectivity index (χ2n) is 8.97. The van der Waals surface area contributed by atoms with E-state index in [0.717, 1.165) is 29.5 Å². The molecule has 1 atom stereocenters. The zero-order valence-corrected chi connectivity index (χ0v) is 19.2. The first-order valence-electron chi connectivity index (χ1n) is 11.3. The van der Waals surface area contributed by atoms with Crippen molar-refractivity contribution in [2.24, 2.45) is 5.92 Å². The number of amides is 1. The Bertz CT molecular complexity index is 1060. The fourth-order valence-corrected chi connectivity index (χ4v) is 6.40. The molecule has 4 rings (SSSR count). The number of rotatable bonds is 6. The molecule has 166 valence electrons. The number of hydrogen-bond donors (Lipinski definition) is 1. The van der Waals surface area contributed by atoms with Gasteiger partial charge in [0.1, 0.15) is 0 Å². The van der Waals surface area contributed by atoms with Gasteiger partial charge < -0.3 is 5.32 Å². The zero-order chi connectivity index (χ0) is 22.0. The summed E-state index contributed by atoms with van der Waals surface area (Å²) in [6, 6.07) is 14.1. The topological polar surface area (TPSA) is 66.5 Å². The summed E-state index contributed by atoms with van der Waals surface area (Å²) >= 11 is 0. The maximum atomic E-state index is 12.9. The Labute approximate surface area is 185 Å². The number of carbonyl (C=O) groups is 1. The number of nitrogens with zero attached hydrogens (tertiary/aromatic N) is 1. The van der Waals surface area contributed by atoms with Crippen LogP contribution in [-0.2, 0) is 33.4 Å². The Kier molecular flexibility index (Phi) is 6.49. The van der Waals surface area contributed by atoms with Crippen LogP contribution in [0, 0.1) is 12.8 Å². The summed E-state index contributed by atoms with van der Waals surface area (Å²) in [6.45, 7) is 4.76. The van der Waals surface area contributed by atoms with Crippen LogP contribution in [0.1, 0.15) is 60.0 Å². The molecule has 1 aliphatic heterocycles. The highest BCUT2D eigenvalue weighted by atomic mass is 32.2. The van der Waals surface area contributed by atoms with Gasteiger partial charge in [-0.1, -0.05) is 42.5 Å². The molecule has 2 aromatic rings. The molecule has 0 aromatic heterocycles. The van der Waals surface area contributed by atoms with E-state index in [4.69, 9.17) is 0 Å². The molecule has 31 heavy (non-hydrogen) atoms. The minimum Gasteiger partial charge on any atom is -0.349 e. The van der Waals surface area contributed by atoms with E-state index in [1.165, 1.54) is 17.5 Å². The first-order valence-corrected chi connectivity index (χ1v) is 12.9. The molecule has 0 radical (unpaired) electrons. The Morgan fingerprint density at radius 2 is 1.81 bits per heavy atom. The van der Waals surface area contributed by atoms with E-state index in [0.29, 0.717) is 25.9 Å². The van der Waals surface area contributed by atoms with E-state index < -0.39 is 10.0 Å². The van der Waals surface area contributed by atoms with Crippen molar-refractivity contribution in [2.45, 2.75) is 57.7 Å². The quantitative estimate of drug-likeness (QED) is 0.741. The average molecular weight is 441 g/mol. The van der Waals surface area contributed by atoms with E-state index in [1.54, 1.807) is 4.31 Å². The maximum Gasteiger partial charge on any atom is 0.223 e. The van der Waals surface area contributed by atoms with Gasteiger partial charge in [-0.2, -0.15) is 0 Å². The molecule has 0 spiro atoms. The third-order valence-electron chi connectivity index (χ3n) is 6.80. The number of carbonyl (C=O) groups excluding carboxylic acids is 1. The summed E-state index contributed by atoms with van der Waals surface area (Å²) in [5.41, 5.74) is 5.81. The second kappa shape index (κ2) is 9.13. The Morgan fingerprint density at radius 3 is 2.55 bits per heavy atom. The van der Waals surface area contributed by atoms with Crippen LogP contribution in [0.25, 0.3) is 0 Å². The van der Waals surface area contributed by atoms with Crippen LogP contribution in [0.15, 0.2) is 42.5 Å². The van der Waals surface area contributed by atoms with Crippen LogP contribution in [0.4, 0.5) is 0 Å². The van der Waals surface area contributed by atoms with Gasteiger partial charge in [-0.15, -0.1) is 0 Å². The Hall–Kier alpha value is -2.18. The molecule has 1 amide bonds. The largest absolute Gasteiger partial charge is 0.349 e. The molecule has 5 nitrogen and oxygen atoms in total. The van der Waals surface area contributed by atoms with Gasteiger partial charge in [-0.3, -0.25) is 4.79 Å². The lowest BCUT2D eigenvalue weighted by atomic mass is 9.96. The van der Waals surface area contributed by atoms with Crippen molar-refractivity contribution in [1.82, 2.24) is 9.62 Å². The molecule has 1 N–H and O–H groups in total. The fraction of sp³-hybridized carbons (Fsp3) is 0.480. The monoisotopic (exact) mass is 440 g/mol. The summed E-state index contributed by atoms with van der Waals surface area (Å²) in [5.74, 6) is -0.0861. The number of sulfonamides is 1. The van der Waals surface area contributed by atoms with Gasteiger partial charge in [-0.05, 0) is 73.8 Å². The van der Waals surface area contributed by atoms with E-state index >= 15 is 0 Å². The first-order chi connectivity index (χ1) is 14.8. The lowest BCUT2D eigenvalue weighted by Gasteiger charge is -2.31. The summed E-state index contributed by atoms with van der Waals surface area (Å²) in [5, 5.41) is 3.15. The normalized spacial score (nSPS) is 18.5. The minimum atomic E-state index is -3.38. The highest BCUT2D eigenvalue weighted by Crippen LogP contribution is 2.27. The fourth-order valence-electron chi connectivity index (χ4n) is 4.73. The van der Waals surface area contributed by atoms with Gasteiger partial charge in [0.15, 0.2) is 0 Å². The van der Waals surface area contributed by atoms with Crippen molar-refractivity contribution in [1.29, 1.82) is 0 Å². The molecule has 2 aliphatic rings. The Balaban J connectivity index is 1.32. The molecule has 1 heterocycles. The van der Waals surface area contributed by atoms with E-state index in [-0.39, 0.29) is 23.6 Å². The van der Waals surface area contributed by atoms with E-state index in [9.17, 15) is 13.2 Å². The standard InChI is InChI=1S/C25H32N2O3S/c1-18-6-3-4-7-24(18)17-31(29,30)27-14-12-21(13-15-27)25(28)26-19(2)22-11-10-20-8-5-9-23(20)16-22/h3-4,6-7,10-11,16,19,21H,5,8-9,12-15,17H2,1-2H3,(H,26,28)/t19-/m1/s1. The molecular formula is C25H32N2O3S. The predicted octanol–water partition coefficient (Wildman–Crippen LogP) is 3.90. The van der Waals surface area contributed by atoms with Gasteiger partial charge >= 0.3 is 0 Å². The molecule has 0 saturated carbocycles. The smallest absolute Gasteiger partial charge is 0.223 e. The highest BCUT2D eigenvalue weighted by molar-refractivity contribution is 7.88. The lowest BCUT2D eigenvalue weighted by Crippen LogP contribution is -2.43. The van der Waals surface area contributed by atoms with Crippen LogP contribution < -0.4 is 5.32 Å². The third-order valence-corrected chi connectivity index (χ3v) is 8.63. The van der Waals surface area contributed by atoms with Gasteiger partial charge in [0.05, 0.1) is 11.8 Å². The van der Waals surface area contributed by atoms with Gasteiger partial charge in [0.2, 0.25) is 15.9 Å². The number of aryl methyl sites for hydroxylation is 3. The average Bonchev–Trinajstić information content (AvgIpc) is 3.23. The second-order valence-corrected chi connectivity index (χ2v) is 10.9. The molecule has 0 unspecified atom stereocenters. The first kappa shape index (κ1) is 22.0. The predicted molar refractivity (Wildman–Crippen MR) is 123 cm³/mol. The number of hydrogen-bond acceptors (Lipinski definition) is 3. The summed E-state index contributed by atoms with van der Waals surface area (Å²) in [6.07, 6.45) is 4.62. The molecule has 2 aromatic carbocycles. The SMILES string of the molecule is Cc1ccccc1CS(=O)(=O)N1CCC(C(=O)N[C@H](C)c2ccc3c(c2)CCC3)CC1. The van der Waals surface area contributed by atoms with Crippen molar-refractivity contribution in [2.75, 3.05) is 13.1 Å². The number of benzene rings is 2. The lowest BCUT2D eigenvalue weighted by molar-refractivity contribution is -0.126. The zero-order valence-electron chi connectivity index (χ0n) is 18.4. The van der Waals surface area contributed by atoms with Crippen LogP contribution in [0.5, 0.6) is 0 Å². The van der Waals surface area contributed by atoms with Crippen LogP contribution in [0.2, 0.25) is 0 Å². The minimum absolute atomic E-state index is 0.0197. The van der Waals surface area contributed by atoms with Crippen molar-refractivity contribution >= 4 is 15.9 Å². The summed E-state index contributed by atoms with van der Waals surface area (Å²) < 4.78 is 27.3. The molecule has 1 saturated heterocycles. The van der Waals surface area contributed by atoms with E-state index in [2.05, 4.69) is 23.5 Å². The highest BCUT2D eigenvalue weighted by Gasteiger charge is 2.32. The summed E-state index contributed by atoms with van der Waals surface area (Å²) in [7, 11) is -3.38. The van der Waals surface area contributed by atoms with Crippen LogP contribution >= 0.6 is 0 Å². The molecule has 1 fully saturated rings. The van der Waals surface area contributed by atoms with Crippen molar-refractivity contribution in [3.8, 4) is 0 Å². The van der Waals surface area contributed by atoms with Gasteiger partial charge in [0, 0.05) is 19.0 Å². The van der Waals surface area contributed by atoms with Crippen molar-refractivity contribution in [3.05, 3.63) is 70.3 Å². The third kappa shape index (κ3) is 5.01. The number of nitrogens with one attached hydrogen (secondary N) is 1. The van der Waals surface area contributed by atoms with Crippen molar-refractivity contribution in [3.63, 3.8) is 0 Å². The van der Waals surface area contributed by atoms with Crippen LogP contribution in [0.3, 0.4) is 0 Å². The Morgan fingerprint density at radius 1 is 1.10 bits per heavy atom.